The molecule has 1 fully saturated rings. The lowest BCUT2D eigenvalue weighted by molar-refractivity contribution is -0.125. The Balaban J connectivity index is 1.31. The second-order valence-corrected chi connectivity index (χ2v) is 8.79. The minimum absolute atomic E-state index is 0.0475. The van der Waals surface area contributed by atoms with E-state index in [-0.39, 0.29) is 18.0 Å². The van der Waals surface area contributed by atoms with Crippen LogP contribution in [0.3, 0.4) is 0 Å². The maximum Gasteiger partial charge on any atom is 0.237 e. The molecule has 0 bridgehead atoms. The van der Waals surface area contributed by atoms with E-state index in [0.717, 1.165) is 41.4 Å². The van der Waals surface area contributed by atoms with Gasteiger partial charge in [0.05, 0.1) is 6.04 Å². The second-order valence-electron chi connectivity index (χ2n) is 8.38. The number of halogens is 1. The van der Waals surface area contributed by atoms with Gasteiger partial charge in [0, 0.05) is 37.7 Å². The molecule has 0 saturated carbocycles. The van der Waals surface area contributed by atoms with Crippen molar-refractivity contribution in [2.24, 2.45) is 0 Å². The Morgan fingerprint density at radius 1 is 1.00 bits per heavy atom. The Bertz CT molecular complexity index is 1040. The van der Waals surface area contributed by atoms with Crippen LogP contribution in [-0.4, -0.2) is 36.5 Å². The molecule has 2 N–H and O–H groups in total. The lowest BCUT2D eigenvalue weighted by Gasteiger charge is -2.23. The van der Waals surface area contributed by atoms with E-state index >= 15 is 0 Å². The van der Waals surface area contributed by atoms with Gasteiger partial charge in [-0.25, -0.2) is 0 Å². The van der Waals surface area contributed by atoms with E-state index in [2.05, 4.69) is 39.8 Å². The van der Waals surface area contributed by atoms with Gasteiger partial charge in [-0.15, -0.1) is 0 Å². The van der Waals surface area contributed by atoms with Crippen molar-refractivity contribution < 1.29 is 9.53 Å². The van der Waals surface area contributed by atoms with Crippen molar-refractivity contribution in [1.82, 2.24) is 15.5 Å². The Morgan fingerprint density at radius 3 is 2.45 bits per heavy atom. The quantitative estimate of drug-likeness (QED) is 0.494. The summed E-state index contributed by atoms with van der Waals surface area (Å²) in [6.45, 7) is 2.75. The highest BCUT2D eigenvalue weighted by molar-refractivity contribution is 6.31. The summed E-state index contributed by atoms with van der Waals surface area (Å²) in [5.74, 6) is 0.903. The molecule has 0 aliphatic carbocycles. The highest BCUT2D eigenvalue weighted by Crippen LogP contribution is 2.25. The van der Waals surface area contributed by atoms with Crippen LogP contribution in [0.15, 0.2) is 78.9 Å². The number of amides is 1. The van der Waals surface area contributed by atoms with E-state index in [4.69, 9.17) is 16.3 Å². The number of likely N-dealkylation sites (N-methyl/N-ethyl adjacent to an activating group) is 1. The molecule has 2 atom stereocenters. The SMILES string of the molecule is CNC(=O)[C@@H]1C[C@H](NCc2ccc(OCc3ccccc3)cc2)CN1Cc1ccccc1Cl. The predicted octanol–water partition coefficient (Wildman–Crippen LogP) is 4.40. The van der Waals surface area contributed by atoms with Crippen molar-refractivity contribution in [1.29, 1.82) is 0 Å². The molecule has 6 heteroatoms. The maximum absolute atomic E-state index is 12.5. The molecule has 1 saturated heterocycles. The molecule has 1 aliphatic heterocycles. The molecule has 0 spiro atoms. The standard InChI is InChI=1S/C27H30ClN3O2/c1-29-27(32)26-15-23(18-31(26)17-22-9-5-6-10-25(22)28)30-16-20-11-13-24(14-12-20)33-19-21-7-3-2-4-8-21/h2-14,23,26,30H,15-19H2,1H3,(H,29,32)/t23-,26-/m0/s1. The smallest absolute Gasteiger partial charge is 0.237 e. The molecule has 1 amide bonds. The molecule has 3 aromatic carbocycles. The number of nitrogens with zero attached hydrogens (tertiary/aromatic N) is 1. The number of carbonyl (C=O) groups is 1. The summed E-state index contributed by atoms with van der Waals surface area (Å²) in [7, 11) is 1.69. The van der Waals surface area contributed by atoms with E-state index in [1.807, 2.05) is 54.6 Å². The molecule has 0 radical (unpaired) electrons. The molecule has 0 unspecified atom stereocenters. The summed E-state index contributed by atoms with van der Waals surface area (Å²) in [4.78, 5) is 14.7. The third kappa shape index (κ3) is 6.35. The van der Waals surface area contributed by atoms with E-state index in [1.165, 1.54) is 5.56 Å². The first kappa shape index (κ1) is 23.3. The Morgan fingerprint density at radius 2 is 1.73 bits per heavy atom. The minimum atomic E-state index is -0.169. The van der Waals surface area contributed by atoms with Crippen molar-refractivity contribution >= 4 is 17.5 Å². The number of rotatable bonds is 9. The van der Waals surface area contributed by atoms with E-state index < -0.39 is 0 Å². The molecular formula is C27H30ClN3O2. The lowest BCUT2D eigenvalue weighted by atomic mass is 10.1. The van der Waals surface area contributed by atoms with Crippen molar-refractivity contribution in [3.05, 3.63) is 101 Å². The lowest BCUT2D eigenvalue weighted by Crippen LogP contribution is -2.41. The van der Waals surface area contributed by atoms with Crippen molar-refractivity contribution in [2.75, 3.05) is 13.6 Å². The Hall–Kier alpha value is -2.86. The first-order chi connectivity index (χ1) is 16.1. The number of nitrogens with one attached hydrogen (secondary N) is 2. The second kappa shape index (κ2) is 11.3. The fourth-order valence-electron chi connectivity index (χ4n) is 4.22. The molecule has 4 rings (SSSR count). The summed E-state index contributed by atoms with van der Waals surface area (Å²) in [5, 5.41) is 7.16. The van der Waals surface area contributed by atoms with Crippen molar-refractivity contribution in [3.8, 4) is 5.75 Å². The van der Waals surface area contributed by atoms with Gasteiger partial charge in [0.25, 0.3) is 0 Å². The van der Waals surface area contributed by atoms with Gasteiger partial charge in [-0.3, -0.25) is 9.69 Å². The average molecular weight is 464 g/mol. The monoisotopic (exact) mass is 463 g/mol. The zero-order chi connectivity index (χ0) is 23.0. The summed E-state index contributed by atoms with van der Waals surface area (Å²) >= 11 is 6.36. The van der Waals surface area contributed by atoms with Gasteiger partial charge in [-0.2, -0.15) is 0 Å². The van der Waals surface area contributed by atoms with Gasteiger partial charge in [0.15, 0.2) is 0 Å². The molecule has 172 valence electrons. The third-order valence-electron chi connectivity index (χ3n) is 6.05. The average Bonchev–Trinajstić information content (AvgIpc) is 3.26. The van der Waals surface area contributed by atoms with Crippen LogP contribution in [0.1, 0.15) is 23.1 Å². The van der Waals surface area contributed by atoms with Crippen LogP contribution in [0.4, 0.5) is 0 Å². The fraction of sp³-hybridized carbons (Fsp3) is 0.296. The van der Waals surface area contributed by atoms with Crippen LogP contribution in [0, 0.1) is 0 Å². The Labute approximate surface area is 200 Å². The number of hydrogen-bond acceptors (Lipinski definition) is 4. The van der Waals surface area contributed by atoms with E-state index in [1.54, 1.807) is 7.05 Å². The molecule has 0 aromatic heterocycles. The van der Waals surface area contributed by atoms with Gasteiger partial charge in [-0.05, 0) is 41.3 Å². The van der Waals surface area contributed by atoms with Gasteiger partial charge < -0.3 is 15.4 Å². The molecule has 5 nitrogen and oxygen atoms in total. The number of ether oxygens (including phenoxy) is 1. The Kier molecular flexibility index (Phi) is 8.00. The van der Waals surface area contributed by atoms with E-state index in [9.17, 15) is 4.79 Å². The number of benzene rings is 3. The van der Waals surface area contributed by atoms with Gasteiger partial charge in [-0.1, -0.05) is 72.3 Å². The molecule has 1 aliphatic rings. The summed E-state index contributed by atoms with van der Waals surface area (Å²) in [6.07, 6.45) is 0.766. The van der Waals surface area contributed by atoms with Crippen LogP contribution in [0.25, 0.3) is 0 Å². The number of carbonyl (C=O) groups excluding carboxylic acids is 1. The van der Waals surface area contributed by atoms with E-state index in [0.29, 0.717) is 13.2 Å². The number of likely N-dealkylation sites (tertiary alicyclic amines) is 1. The first-order valence-corrected chi connectivity index (χ1v) is 11.7. The van der Waals surface area contributed by atoms with Crippen molar-refractivity contribution in [3.63, 3.8) is 0 Å². The normalized spacial score (nSPS) is 18.2. The predicted molar refractivity (Wildman–Crippen MR) is 132 cm³/mol. The van der Waals surface area contributed by atoms with Gasteiger partial charge >= 0.3 is 0 Å². The molecule has 33 heavy (non-hydrogen) atoms. The largest absolute Gasteiger partial charge is 0.489 e. The molecule has 1 heterocycles. The minimum Gasteiger partial charge on any atom is -0.489 e. The van der Waals surface area contributed by atoms with Crippen molar-refractivity contribution in [2.45, 2.75) is 38.2 Å². The van der Waals surface area contributed by atoms with Crippen LogP contribution < -0.4 is 15.4 Å². The zero-order valence-electron chi connectivity index (χ0n) is 18.8. The summed E-state index contributed by atoms with van der Waals surface area (Å²) < 4.78 is 5.88. The maximum atomic E-state index is 12.5. The van der Waals surface area contributed by atoms with Gasteiger partial charge in [0.1, 0.15) is 12.4 Å². The zero-order valence-corrected chi connectivity index (χ0v) is 19.6. The summed E-state index contributed by atoms with van der Waals surface area (Å²) in [6, 6.07) is 26.2. The third-order valence-corrected chi connectivity index (χ3v) is 6.42. The van der Waals surface area contributed by atoms with Crippen LogP contribution >= 0.6 is 11.6 Å². The number of hydrogen-bond donors (Lipinski definition) is 2. The van der Waals surface area contributed by atoms with Crippen LogP contribution in [-0.2, 0) is 24.5 Å². The van der Waals surface area contributed by atoms with Gasteiger partial charge in [0.2, 0.25) is 5.91 Å². The first-order valence-electron chi connectivity index (χ1n) is 11.3. The summed E-state index contributed by atoms with van der Waals surface area (Å²) in [5.41, 5.74) is 3.37. The highest BCUT2D eigenvalue weighted by Gasteiger charge is 2.36. The van der Waals surface area contributed by atoms with Crippen LogP contribution in [0.5, 0.6) is 5.75 Å². The van der Waals surface area contributed by atoms with Crippen LogP contribution in [0.2, 0.25) is 5.02 Å². The molecule has 3 aromatic rings. The topological polar surface area (TPSA) is 53.6 Å². The molecular weight excluding hydrogens is 434 g/mol. The highest BCUT2D eigenvalue weighted by atomic mass is 35.5. The fourth-order valence-corrected chi connectivity index (χ4v) is 4.41.